The van der Waals surface area contributed by atoms with Crippen molar-refractivity contribution in [2.24, 2.45) is 0 Å². The second kappa shape index (κ2) is 61.8. The van der Waals surface area contributed by atoms with Gasteiger partial charge in [0.25, 0.3) is 0 Å². The quantitative estimate of drug-likeness (QED) is 0.0421. The molecule has 0 aromatic heterocycles. The van der Waals surface area contributed by atoms with Crippen LogP contribution in [-0.2, 0) is 0 Å². The van der Waals surface area contributed by atoms with Gasteiger partial charge in [0.15, 0.2) is 0 Å². The van der Waals surface area contributed by atoms with Gasteiger partial charge in [0, 0.05) is 0 Å². The van der Waals surface area contributed by atoms with Gasteiger partial charge in [-0.3, -0.25) is 0 Å². The second-order valence-electron chi connectivity index (χ2n) is 28.5. The van der Waals surface area contributed by atoms with Crippen LogP contribution in [0.25, 0.3) is 0 Å². The minimum absolute atomic E-state index is 1.17. The van der Waals surface area contributed by atoms with Crippen molar-refractivity contribution < 1.29 is 0 Å². The molecule has 0 rings (SSSR count). The van der Waals surface area contributed by atoms with Gasteiger partial charge in [-0.05, 0) is 359 Å². The predicted octanol–water partition coefficient (Wildman–Crippen LogP) is 31.8. The van der Waals surface area contributed by atoms with Crippen LogP contribution in [0.3, 0.4) is 0 Å². The summed E-state index contributed by atoms with van der Waals surface area (Å²) in [4.78, 5) is 0. The Balaban J connectivity index is -0.00000126. The molecule has 0 unspecified atom stereocenters. The van der Waals surface area contributed by atoms with Crippen molar-refractivity contribution in [2.75, 3.05) is 0 Å². The van der Waals surface area contributed by atoms with Gasteiger partial charge in [0.2, 0.25) is 0 Å². The molecule has 0 spiro atoms. The average Bonchev–Trinajstić information content (AvgIpc) is 3.49. The third-order valence-electron chi connectivity index (χ3n) is 16.2. The number of rotatable bonds is 45. The highest BCUT2D eigenvalue weighted by Crippen LogP contribution is 2.19. The number of unbranched alkanes of at least 4 members (excludes halogenated alkanes) is 3. The van der Waals surface area contributed by atoms with Gasteiger partial charge < -0.3 is 0 Å². The van der Waals surface area contributed by atoms with Crippen molar-refractivity contribution in [3.8, 4) is 0 Å². The lowest BCUT2D eigenvalue weighted by Crippen LogP contribution is -1.82. The van der Waals surface area contributed by atoms with E-state index in [2.05, 4.69) is 276 Å². The number of hydrogen-bond donors (Lipinski definition) is 0. The maximum atomic E-state index is 2.43. The van der Waals surface area contributed by atoms with E-state index in [1.165, 1.54) is 293 Å². The zero-order valence-electron chi connectivity index (χ0n) is 64.6. The minimum Gasteiger partial charge on any atom is -0.0856 e. The molecule has 0 saturated carbocycles. The second-order valence-corrected chi connectivity index (χ2v) is 28.5. The van der Waals surface area contributed by atoms with Crippen LogP contribution in [0.2, 0.25) is 0 Å². The van der Waals surface area contributed by atoms with Gasteiger partial charge in [-0.2, -0.15) is 0 Å². The molecule has 0 radical (unpaired) electrons. The molecule has 510 valence electrons. The van der Waals surface area contributed by atoms with Gasteiger partial charge >= 0.3 is 0 Å². The van der Waals surface area contributed by atoms with Crippen molar-refractivity contribution >= 4 is 0 Å². The van der Waals surface area contributed by atoms with Gasteiger partial charge in [0.1, 0.15) is 0 Å². The fourth-order valence-electron chi connectivity index (χ4n) is 10.0. The molecule has 0 N–H and O–H groups in total. The summed E-state index contributed by atoms with van der Waals surface area (Å²) in [6.45, 7) is 53.4. The summed E-state index contributed by atoms with van der Waals surface area (Å²) >= 11 is 0. The molecule has 0 fully saturated rings. The van der Waals surface area contributed by atoms with E-state index in [1.807, 2.05) is 0 Å². The molecule has 0 aromatic rings. The van der Waals surface area contributed by atoms with Crippen molar-refractivity contribution in [2.45, 2.75) is 359 Å². The highest BCUT2D eigenvalue weighted by atomic mass is 14.1. The summed E-state index contributed by atoms with van der Waals surface area (Å²) in [5.41, 5.74) is 26.9. The van der Waals surface area contributed by atoms with Crippen LogP contribution in [0.5, 0.6) is 0 Å². The normalized spacial score (nSPS) is 13.5. The van der Waals surface area contributed by atoms with Crippen LogP contribution in [0, 0.1) is 0 Å². The molecule has 0 aliphatic rings. The van der Waals surface area contributed by atoms with E-state index in [1.54, 1.807) is 0 Å². The molecular weight excluding hydrogens is 1080 g/mol. The monoisotopic (exact) mass is 1230 g/mol. The highest BCUT2D eigenvalue weighted by Gasteiger charge is 1.99. The van der Waals surface area contributed by atoms with Crippen molar-refractivity contribution in [3.05, 3.63) is 210 Å². The van der Waals surface area contributed by atoms with E-state index in [0.717, 1.165) is 0 Å². The summed E-state index contributed by atoms with van der Waals surface area (Å²) in [6.07, 6.45) is 78.7. The average molecular weight is 1230 g/mol. The fourth-order valence-corrected chi connectivity index (χ4v) is 10.0. The van der Waals surface area contributed by atoms with Crippen LogP contribution in [-0.4, -0.2) is 0 Å². The van der Waals surface area contributed by atoms with E-state index < -0.39 is 0 Å². The summed E-state index contributed by atoms with van der Waals surface area (Å²) < 4.78 is 0. The topological polar surface area (TPSA) is 0 Å². The van der Waals surface area contributed by atoms with E-state index in [0.29, 0.717) is 0 Å². The molecule has 0 heterocycles. The Morgan fingerprint density at radius 3 is 0.278 bits per heavy atom. The molecule has 0 bridgehead atoms. The Morgan fingerprint density at radius 2 is 0.189 bits per heavy atom. The Hall–Kier alpha value is -4.68. The molecule has 0 saturated heterocycles. The summed E-state index contributed by atoms with van der Waals surface area (Å²) in [7, 11) is 0. The lowest BCUT2D eigenvalue weighted by molar-refractivity contribution is 0.896. The Labute approximate surface area is 565 Å². The van der Waals surface area contributed by atoms with E-state index in [4.69, 9.17) is 0 Å². The van der Waals surface area contributed by atoms with E-state index in [-0.39, 0.29) is 0 Å². The Morgan fingerprint density at radius 1 is 0.111 bits per heavy atom. The minimum atomic E-state index is 1.17. The molecule has 0 atom stereocenters. The first-order chi connectivity index (χ1) is 42.6. The van der Waals surface area contributed by atoms with E-state index >= 15 is 0 Å². The molecule has 0 heteroatoms. The Bertz CT molecular complexity index is 2010. The molecule has 0 nitrogen and oxygen atoms in total. The van der Waals surface area contributed by atoms with E-state index in [9.17, 15) is 0 Å². The van der Waals surface area contributed by atoms with Gasteiger partial charge in [-0.1, -0.05) is 210 Å². The molecule has 0 amide bonds. The van der Waals surface area contributed by atoms with Gasteiger partial charge in [-0.15, -0.1) is 0 Å². The lowest BCUT2D eigenvalue weighted by Gasteiger charge is -2.02. The van der Waals surface area contributed by atoms with Crippen molar-refractivity contribution in [1.82, 2.24) is 0 Å². The van der Waals surface area contributed by atoms with Crippen LogP contribution in [0.4, 0.5) is 0 Å². The third kappa shape index (κ3) is 72.4. The molecular formula is C90H150. The maximum Gasteiger partial charge on any atom is -0.0288 e. The van der Waals surface area contributed by atoms with Gasteiger partial charge in [0.05, 0.1) is 0 Å². The number of allylic oxidation sites excluding steroid dienone is 36. The van der Waals surface area contributed by atoms with Crippen LogP contribution < -0.4 is 0 Å². The number of hydrogen-bond acceptors (Lipinski definition) is 0. The first kappa shape index (κ1) is 89.5. The largest absolute Gasteiger partial charge is 0.0856 e. The van der Waals surface area contributed by atoms with Crippen LogP contribution in [0.15, 0.2) is 210 Å². The summed E-state index contributed by atoms with van der Waals surface area (Å²) in [5, 5.41) is 0. The van der Waals surface area contributed by atoms with Crippen molar-refractivity contribution in [1.29, 1.82) is 0 Å². The molecule has 0 aliphatic heterocycles. The van der Waals surface area contributed by atoms with Crippen molar-refractivity contribution in [3.63, 3.8) is 0 Å². The molecule has 0 aromatic carbocycles. The smallest absolute Gasteiger partial charge is 0.0288 e. The Kier molecular flexibility index (Phi) is 61.5. The zero-order valence-corrected chi connectivity index (χ0v) is 64.6. The molecule has 90 heavy (non-hydrogen) atoms. The highest BCUT2D eigenvalue weighted by molar-refractivity contribution is 5.13. The first-order valence-corrected chi connectivity index (χ1v) is 36.3. The molecule has 0 aliphatic carbocycles. The van der Waals surface area contributed by atoms with Crippen LogP contribution in [0.1, 0.15) is 359 Å². The maximum absolute atomic E-state index is 2.43. The van der Waals surface area contributed by atoms with Gasteiger partial charge in [-0.25, -0.2) is 0 Å². The summed E-state index contributed by atoms with van der Waals surface area (Å²) in [5.74, 6) is 0. The zero-order chi connectivity index (χ0) is 68.3. The lowest BCUT2D eigenvalue weighted by atomic mass is 10.0. The first-order valence-electron chi connectivity index (χ1n) is 36.3. The van der Waals surface area contributed by atoms with Crippen LogP contribution >= 0.6 is 0 Å². The summed E-state index contributed by atoms with van der Waals surface area (Å²) in [6, 6.07) is 0. The predicted molar refractivity (Wildman–Crippen MR) is 420 cm³/mol. The third-order valence-corrected chi connectivity index (χ3v) is 16.2. The fraction of sp³-hybridized carbons (Fsp3) is 0.600. The standard InChI is InChI=1S/3C30H50/c3*1-25(2)15-11-19-29(7)23-13-21-27(5)17-9-10-18-28(6)22-14-24-30(8)20-12-16-26(3)4/h3*15-18,23-24H,9-14,19-22H2,1-8H3/b3*27-17+,28-18+,29-23+,30-24+. The SMILES string of the molecule is CC(C)=CCC/C(C)=C/CC/C(C)=C/CC/C=C(\C)CC/C=C(\C)CCC=C(C)C.CC(C)=CCC/C(C)=C/CC/C(C)=C/CC/C=C(\C)CC/C=C(\C)CCC=C(C)C.CC(C)=CCC/C(C)=C/CC/C(C)=C/CC/C=C(\C)CC/C=C(\C)CCC=C(C)C.